The molecule has 1 aliphatic carbocycles. The predicted octanol–water partition coefficient (Wildman–Crippen LogP) is 5.44. The molecule has 0 bridgehead atoms. The van der Waals surface area contributed by atoms with E-state index in [1.54, 1.807) is 37.3 Å². The average Bonchev–Trinajstić information content (AvgIpc) is 3.48. The van der Waals surface area contributed by atoms with Crippen molar-refractivity contribution in [1.29, 1.82) is 0 Å². The van der Waals surface area contributed by atoms with Gasteiger partial charge in [0.05, 0.1) is 17.7 Å². The fraction of sp³-hybridized carbons (Fsp3) is 0.355. The molecule has 1 aliphatic rings. The lowest BCUT2D eigenvalue weighted by molar-refractivity contribution is -0.139. The van der Waals surface area contributed by atoms with Crippen molar-refractivity contribution in [3.05, 3.63) is 88.4 Å². The summed E-state index contributed by atoms with van der Waals surface area (Å²) in [6, 6.07) is 19.9. The highest BCUT2D eigenvalue weighted by Crippen LogP contribution is 2.33. The van der Waals surface area contributed by atoms with Gasteiger partial charge >= 0.3 is 0 Å². The number of amides is 2. The van der Waals surface area contributed by atoms with Gasteiger partial charge in [0, 0.05) is 17.1 Å². The van der Waals surface area contributed by atoms with Gasteiger partial charge in [0.1, 0.15) is 18.3 Å². The number of ether oxygens (including phenoxy) is 1. The molecule has 8 nitrogen and oxygen atoms in total. The summed E-state index contributed by atoms with van der Waals surface area (Å²) < 4.78 is 35.5. The molecule has 0 unspecified atom stereocenters. The summed E-state index contributed by atoms with van der Waals surface area (Å²) in [6.07, 6.45) is 3.95. The molecule has 0 saturated heterocycles. The molecule has 0 heterocycles. The first-order valence-electron chi connectivity index (χ1n) is 13.7. The fourth-order valence-electron chi connectivity index (χ4n) is 4.99. The van der Waals surface area contributed by atoms with Crippen molar-refractivity contribution in [2.75, 3.05) is 18.0 Å². The minimum absolute atomic E-state index is 0.0443. The summed E-state index contributed by atoms with van der Waals surface area (Å²) in [6.45, 7) is 3.14. The van der Waals surface area contributed by atoms with Crippen molar-refractivity contribution in [2.24, 2.45) is 0 Å². The van der Waals surface area contributed by atoms with Gasteiger partial charge in [-0.1, -0.05) is 65.2 Å². The maximum Gasteiger partial charge on any atom is 0.264 e. The van der Waals surface area contributed by atoms with Gasteiger partial charge in [-0.15, -0.1) is 0 Å². The smallest absolute Gasteiger partial charge is 0.264 e. The van der Waals surface area contributed by atoms with E-state index in [1.807, 2.05) is 37.3 Å². The largest absolute Gasteiger partial charge is 0.495 e. The van der Waals surface area contributed by atoms with Crippen LogP contribution < -0.4 is 14.4 Å². The second-order valence-corrected chi connectivity index (χ2v) is 13.1. The molecule has 1 saturated carbocycles. The van der Waals surface area contributed by atoms with Crippen LogP contribution >= 0.6 is 15.9 Å². The van der Waals surface area contributed by atoms with Crippen LogP contribution in [0.5, 0.6) is 5.75 Å². The minimum atomic E-state index is -4.18. The molecule has 2 amide bonds. The van der Waals surface area contributed by atoms with Gasteiger partial charge in [-0.2, -0.15) is 0 Å². The second kappa shape index (κ2) is 13.5. The standard InChI is InChI=1S/C31H36BrN3O5S/c1-22-13-18-29(40-3)28(19-22)35(41(38,39)27-11-5-4-6-12-27)21-30(36)34(20-24-14-16-25(32)17-15-24)23(2)31(37)33-26-9-7-8-10-26/h4-6,11-19,23,26H,7-10,20-21H2,1-3H3,(H,33,37)/t23-/m0/s1. The van der Waals surface area contributed by atoms with Crippen LogP contribution in [-0.4, -0.2) is 50.9 Å². The van der Waals surface area contributed by atoms with Crippen molar-refractivity contribution in [3.63, 3.8) is 0 Å². The quantitative estimate of drug-likeness (QED) is 0.301. The number of sulfonamides is 1. The Morgan fingerprint density at radius 2 is 1.68 bits per heavy atom. The number of halogens is 1. The lowest BCUT2D eigenvalue weighted by Crippen LogP contribution is -2.52. The fourth-order valence-corrected chi connectivity index (χ4v) is 6.69. The Bertz CT molecular complexity index is 1460. The highest BCUT2D eigenvalue weighted by Gasteiger charge is 2.34. The Kier molecular flexibility index (Phi) is 10.1. The number of hydrogen-bond donors (Lipinski definition) is 1. The van der Waals surface area contributed by atoms with E-state index in [1.165, 1.54) is 24.1 Å². The number of carbonyl (C=O) groups excluding carboxylic acids is 2. The van der Waals surface area contributed by atoms with Gasteiger partial charge < -0.3 is 15.0 Å². The number of benzene rings is 3. The number of aryl methyl sites for hydroxylation is 1. The molecule has 0 aliphatic heterocycles. The van der Waals surface area contributed by atoms with Crippen molar-refractivity contribution in [3.8, 4) is 5.75 Å². The van der Waals surface area contributed by atoms with E-state index in [2.05, 4.69) is 21.2 Å². The third kappa shape index (κ3) is 7.48. The first-order valence-corrected chi connectivity index (χ1v) is 15.9. The number of rotatable bonds is 11. The van der Waals surface area contributed by atoms with Crippen LogP contribution in [0, 0.1) is 6.92 Å². The molecule has 1 fully saturated rings. The predicted molar refractivity (Wildman–Crippen MR) is 163 cm³/mol. The van der Waals surface area contributed by atoms with E-state index in [-0.39, 0.29) is 29.1 Å². The van der Waals surface area contributed by atoms with E-state index in [0.717, 1.165) is 45.6 Å². The van der Waals surface area contributed by atoms with Crippen LogP contribution in [0.2, 0.25) is 0 Å². The summed E-state index contributed by atoms with van der Waals surface area (Å²) in [5.41, 5.74) is 1.86. The Morgan fingerprint density at radius 1 is 1.02 bits per heavy atom. The molecule has 0 aromatic heterocycles. The van der Waals surface area contributed by atoms with Gasteiger partial charge in [-0.3, -0.25) is 13.9 Å². The number of nitrogens with one attached hydrogen (secondary N) is 1. The molecule has 0 radical (unpaired) electrons. The number of anilines is 1. The van der Waals surface area contributed by atoms with Crippen LogP contribution in [0.1, 0.15) is 43.7 Å². The summed E-state index contributed by atoms with van der Waals surface area (Å²) >= 11 is 3.43. The molecule has 3 aromatic carbocycles. The molecular weight excluding hydrogens is 606 g/mol. The number of hydrogen-bond acceptors (Lipinski definition) is 5. The highest BCUT2D eigenvalue weighted by atomic mass is 79.9. The van der Waals surface area contributed by atoms with Crippen LogP contribution in [-0.2, 0) is 26.2 Å². The minimum Gasteiger partial charge on any atom is -0.495 e. The maximum atomic E-state index is 14.1. The maximum absolute atomic E-state index is 14.1. The van der Waals surface area contributed by atoms with E-state index >= 15 is 0 Å². The third-order valence-corrected chi connectivity index (χ3v) is 9.65. The van der Waals surface area contributed by atoms with Gasteiger partial charge in [0.25, 0.3) is 10.0 Å². The zero-order valence-electron chi connectivity index (χ0n) is 23.5. The molecule has 1 N–H and O–H groups in total. The molecule has 4 rings (SSSR count). The molecule has 1 atom stereocenters. The van der Waals surface area contributed by atoms with Crippen LogP contribution in [0.3, 0.4) is 0 Å². The average molecular weight is 643 g/mol. The Balaban J connectivity index is 1.72. The van der Waals surface area contributed by atoms with Crippen molar-refractivity contribution in [2.45, 2.75) is 63.1 Å². The zero-order valence-corrected chi connectivity index (χ0v) is 25.9. The van der Waals surface area contributed by atoms with Crippen LogP contribution in [0.4, 0.5) is 5.69 Å². The highest BCUT2D eigenvalue weighted by molar-refractivity contribution is 9.10. The molecule has 218 valence electrons. The molecular formula is C31H36BrN3O5S. The van der Waals surface area contributed by atoms with Crippen molar-refractivity contribution < 1.29 is 22.7 Å². The number of carbonyl (C=O) groups is 2. The molecule has 10 heteroatoms. The van der Waals surface area contributed by atoms with Crippen LogP contribution in [0.15, 0.2) is 82.2 Å². The SMILES string of the molecule is COc1ccc(C)cc1N(CC(=O)N(Cc1ccc(Br)cc1)[C@@H](C)C(=O)NC1CCCC1)S(=O)(=O)c1ccccc1. The van der Waals surface area contributed by atoms with E-state index < -0.39 is 28.5 Å². The van der Waals surface area contributed by atoms with Gasteiger partial charge in [0.15, 0.2) is 0 Å². The normalized spacial score (nSPS) is 14.3. The zero-order chi connectivity index (χ0) is 29.6. The molecule has 3 aromatic rings. The van der Waals surface area contributed by atoms with E-state index in [0.29, 0.717) is 5.75 Å². The number of nitrogens with zero attached hydrogens (tertiary/aromatic N) is 2. The topological polar surface area (TPSA) is 96.0 Å². The Morgan fingerprint density at radius 3 is 2.32 bits per heavy atom. The van der Waals surface area contributed by atoms with Gasteiger partial charge in [-0.05, 0) is 74.2 Å². The summed E-state index contributed by atoms with van der Waals surface area (Å²) in [5.74, 6) is -0.451. The van der Waals surface area contributed by atoms with Crippen molar-refractivity contribution >= 4 is 43.5 Å². The first-order chi connectivity index (χ1) is 19.6. The molecule has 41 heavy (non-hydrogen) atoms. The Hall–Kier alpha value is -3.37. The van der Waals surface area contributed by atoms with Gasteiger partial charge in [0.2, 0.25) is 11.8 Å². The van der Waals surface area contributed by atoms with E-state index in [9.17, 15) is 18.0 Å². The summed E-state index contributed by atoms with van der Waals surface area (Å²) in [5, 5.41) is 3.08. The first kappa shape index (κ1) is 30.6. The second-order valence-electron chi connectivity index (χ2n) is 10.3. The van der Waals surface area contributed by atoms with Gasteiger partial charge in [-0.25, -0.2) is 8.42 Å². The van der Waals surface area contributed by atoms with Crippen molar-refractivity contribution in [1.82, 2.24) is 10.2 Å². The summed E-state index contributed by atoms with van der Waals surface area (Å²) in [7, 11) is -2.72. The lowest BCUT2D eigenvalue weighted by Gasteiger charge is -2.33. The number of methoxy groups -OCH3 is 1. The lowest BCUT2D eigenvalue weighted by atomic mass is 10.1. The van der Waals surface area contributed by atoms with Crippen LogP contribution in [0.25, 0.3) is 0 Å². The monoisotopic (exact) mass is 641 g/mol. The molecule has 0 spiro atoms. The third-order valence-electron chi connectivity index (χ3n) is 7.35. The summed E-state index contributed by atoms with van der Waals surface area (Å²) in [4.78, 5) is 29.0. The van der Waals surface area contributed by atoms with E-state index in [4.69, 9.17) is 4.74 Å². The Labute approximate surface area is 250 Å².